The number of likely N-dealkylation sites (tertiary alicyclic amines) is 1. The Bertz CT molecular complexity index is 1300. The van der Waals surface area contributed by atoms with Crippen molar-refractivity contribution in [2.45, 2.75) is 18.8 Å². The topological polar surface area (TPSA) is 93.7 Å². The van der Waals surface area contributed by atoms with Gasteiger partial charge in [0.15, 0.2) is 11.5 Å². The highest BCUT2D eigenvalue weighted by Crippen LogP contribution is 2.29. The Balaban J connectivity index is 1.32. The first-order chi connectivity index (χ1) is 15.5. The van der Waals surface area contributed by atoms with E-state index in [0.29, 0.717) is 24.5 Å². The second-order valence-corrected chi connectivity index (χ2v) is 8.35. The molecule has 1 fully saturated rings. The molecule has 1 aliphatic heterocycles. The van der Waals surface area contributed by atoms with E-state index in [2.05, 4.69) is 20.4 Å². The van der Waals surface area contributed by atoms with Crippen molar-refractivity contribution in [1.82, 2.24) is 34.5 Å². The molecule has 4 heterocycles. The molecule has 1 saturated heterocycles. The third-order valence-corrected chi connectivity index (χ3v) is 6.10. The van der Waals surface area contributed by atoms with E-state index in [1.807, 2.05) is 65.8 Å². The van der Waals surface area contributed by atoms with Gasteiger partial charge in [-0.25, -0.2) is 4.68 Å². The number of ether oxygens (including phenoxy) is 1. The molecule has 5 rings (SSSR count). The summed E-state index contributed by atoms with van der Waals surface area (Å²) in [5.74, 6) is 2.63. The fourth-order valence-corrected chi connectivity index (χ4v) is 4.36. The van der Waals surface area contributed by atoms with Gasteiger partial charge in [0, 0.05) is 45.7 Å². The maximum atomic E-state index is 13.1. The number of rotatable bonds is 4. The lowest BCUT2D eigenvalue weighted by molar-refractivity contribution is 0.0711. The van der Waals surface area contributed by atoms with Crippen LogP contribution in [-0.4, -0.2) is 74.7 Å². The number of aryl methyl sites for hydroxylation is 1. The van der Waals surface area contributed by atoms with Gasteiger partial charge < -0.3 is 14.5 Å². The van der Waals surface area contributed by atoms with Gasteiger partial charge in [-0.2, -0.15) is 9.61 Å². The van der Waals surface area contributed by atoms with Crippen molar-refractivity contribution in [2.24, 2.45) is 7.05 Å². The van der Waals surface area contributed by atoms with Crippen LogP contribution in [-0.2, 0) is 7.05 Å². The first-order valence-corrected chi connectivity index (χ1v) is 10.7. The molecule has 0 atom stereocenters. The van der Waals surface area contributed by atoms with Crippen LogP contribution in [0.2, 0.25) is 0 Å². The number of benzene rings is 1. The minimum atomic E-state index is 0.0223. The van der Waals surface area contributed by atoms with E-state index in [1.54, 1.807) is 11.8 Å². The predicted molar refractivity (Wildman–Crippen MR) is 120 cm³/mol. The van der Waals surface area contributed by atoms with Gasteiger partial charge in [0.05, 0.1) is 18.0 Å². The summed E-state index contributed by atoms with van der Waals surface area (Å²) in [7, 11) is 7.37. The highest BCUT2D eigenvalue weighted by Gasteiger charge is 2.28. The van der Waals surface area contributed by atoms with Crippen LogP contribution in [0.5, 0.6) is 5.88 Å². The van der Waals surface area contributed by atoms with E-state index < -0.39 is 0 Å². The quantitative estimate of drug-likeness (QED) is 0.486. The van der Waals surface area contributed by atoms with Crippen molar-refractivity contribution in [3.63, 3.8) is 0 Å². The number of carbonyl (C=O) groups is 1. The molecule has 1 aromatic carbocycles. The summed E-state index contributed by atoms with van der Waals surface area (Å²) < 4.78 is 8.91. The predicted octanol–water partition coefficient (Wildman–Crippen LogP) is 2.11. The van der Waals surface area contributed by atoms with Crippen molar-refractivity contribution in [3.05, 3.63) is 41.7 Å². The average molecular weight is 435 g/mol. The number of nitrogens with zero attached hydrogens (tertiary/aromatic N) is 8. The van der Waals surface area contributed by atoms with Gasteiger partial charge >= 0.3 is 0 Å². The normalized spacial score (nSPS) is 14.9. The van der Waals surface area contributed by atoms with Gasteiger partial charge in [0.2, 0.25) is 5.88 Å². The largest absolute Gasteiger partial charge is 0.481 e. The molecule has 0 unspecified atom stereocenters. The van der Waals surface area contributed by atoms with Gasteiger partial charge in [-0.05, 0) is 43.2 Å². The molecule has 0 spiro atoms. The molecule has 3 aromatic heterocycles. The SMILES string of the molecule is COc1c2ccc(C(=O)N3CCC(c4nnc5ccc(N(C)C)nn45)CC3)cc2nn1C. The Morgan fingerprint density at radius 2 is 1.88 bits per heavy atom. The Hall–Kier alpha value is -3.69. The van der Waals surface area contributed by atoms with Crippen LogP contribution < -0.4 is 9.64 Å². The number of hydrogen-bond donors (Lipinski definition) is 0. The Kier molecular flexibility index (Phi) is 4.91. The van der Waals surface area contributed by atoms with Crippen molar-refractivity contribution in [2.75, 3.05) is 39.2 Å². The van der Waals surface area contributed by atoms with Crippen LogP contribution >= 0.6 is 0 Å². The third kappa shape index (κ3) is 3.31. The molecule has 10 nitrogen and oxygen atoms in total. The number of piperidine rings is 1. The number of hydrogen-bond acceptors (Lipinski definition) is 7. The maximum absolute atomic E-state index is 13.1. The number of aromatic nitrogens is 6. The van der Waals surface area contributed by atoms with E-state index in [9.17, 15) is 4.79 Å². The molecule has 32 heavy (non-hydrogen) atoms. The van der Waals surface area contributed by atoms with Crippen molar-refractivity contribution in [1.29, 1.82) is 0 Å². The second-order valence-electron chi connectivity index (χ2n) is 8.35. The summed E-state index contributed by atoms with van der Waals surface area (Å²) in [6.45, 7) is 1.32. The van der Waals surface area contributed by atoms with Crippen LogP contribution in [0.4, 0.5) is 5.82 Å². The number of carbonyl (C=O) groups excluding carboxylic acids is 1. The molecule has 1 amide bonds. The Morgan fingerprint density at radius 3 is 2.59 bits per heavy atom. The highest BCUT2D eigenvalue weighted by molar-refractivity contribution is 5.98. The van der Waals surface area contributed by atoms with Gasteiger partial charge in [-0.15, -0.1) is 15.3 Å². The third-order valence-electron chi connectivity index (χ3n) is 6.10. The number of methoxy groups -OCH3 is 1. The van der Waals surface area contributed by atoms with E-state index in [0.717, 1.165) is 41.0 Å². The summed E-state index contributed by atoms with van der Waals surface area (Å²) in [6, 6.07) is 9.45. The average Bonchev–Trinajstić information content (AvgIpc) is 3.37. The molecule has 0 N–H and O–H groups in total. The maximum Gasteiger partial charge on any atom is 0.253 e. The van der Waals surface area contributed by atoms with Crippen LogP contribution in [0.3, 0.4) is 0 Å². The molecule has 0 aliphatic carbocycles. The van der Waals surface area contributed by atoms with Crippen molar-refractivity contribution >= 4 is 28.3 Å². The number of anilines is 1. The zero-order valence-corrected chi connectivity index (χ0v) is 18.7. The van der Waals surface area contributed by atoms with Crippen molar-refractivity contribution < 1.29 is 9.53 Å². The van der Waals surface area contributed by atoms with Gasteiger partial charge in [-0.3, -0.25) is 4.79 Å². The Labute approximate surface area is 185 Å². The second kappa shape index (κ2) is 7.77. The van der Waals surface area contributed by atoms with E-state index in [-0.39, 0.29) is 11.8 Å². The first-order valence-electron chi connectivity index (χ1n) is 10.7. The lowest BCUT2D eigenvalue weighted by atomic mass is 9.95. The summed E-state index contributed by atoms with van der Waals surface area (Å²) in [6.07, 6.45) is 1.64. The van der Waals surface area contributed by atoms with Crippen LogP contribution in [0.1, 0.15) is 34.9 Å². The molecule has 0 radical (unpaired) electrons. The minimum Gasteiger partial charge on any atom is -0.481 e. The van der Waals surface area contributed by atoms with Crippen LogP contribution in [0.25, 0.3) is 16.6 Å². The fourth-order valence-electron chi connectivity index (χ4n) is 4.36. The molecular weight excluding hydrogens is 408 g/mol. The summed E-state index contributed by atoms with van der Waals surface area (Å²) in [5.41, 5.74) is 2.13. The van der Waals surface area contributed by atoms with E-state index in [1.165, 1.54) is 0 Å². The first kappa shape index (κ1) is 20.2. The number of fused-ring (bicyclic) bond motifs is 2. The lowest BCUT2D eigenvalue weighted by Gasteiger charge is -2.31. The highest BCUT2D eigenvalue weighted by atomic mass is 16.5. The Morgan fingerprint density at radius 1 is 1.09 bits per heavy atom. The zero-order chi connectivity index (χ0) is 22.4. The standard InChI is InChI=1S/C22H26N8O2/c1-27(2)19-8-7-18-23-24-20(30(18)26-19)14-9-11-29(12-10-14)21(31)15-5-6-16-17(13-15)25-28(3)22(16)32-4/h5-8,13-14H,9-12H2,1-4H3. The van der Waals surface area contributed by atoms with Crippen LogP contribution in [0, 0.1) is 0 Å². The van der Waals surface area contributed by atoms with E-state index in [4.69, 9.17) is 4.74 Å². The molecule has 1 aliphatic rings. The molecule has 166 valence electrons. The van der Waals surface area contributed by atoms with Gasteiger partial charge in [0.1, 0.15) is 5.82 Å². The zero-order valence-electron chi connectivity index (χ0n) is 18.7. The molecule has 10 heteroatoms. The molecule has 0 saturated carbocycles. The van der Waals surface area contributed by atoms with Gasteiger partial charge in [0.25, 0.3) is 5.91 Å². The molecule has 4 aromatic rings. The molecular formula is C22H26N8O2. The fraction of sp³-hybridized carbons (Fsp3) is 0.409. The van der Waals surface area contributed by atoms with E-state index >= 15 is 0 Å². The number of amides is 1. The van der Waals surface area contributed by atoms with Crippen LogP contribution in [0.15, 0.2) is 30.3 Å². The summed E-state index contributed by atoms with van der Waals surface area (Å²) in [5, 5.41) is 18.7. The summed E-state index contributed by atoms with van der Waals surface area (Å²) >= 11 is 0. The van der Waals surface area contributed by atoms with Gasteiger partial charge in [-0.1, -0.05) is 0 Å². The smallest absolute Gasteiger partial charge is 0.253 e. The lowest BCUT2D eigenvalue weighted by Crippen LogP contribution is -2.38. The molecule has 0 bridgehead atoms. The van der Waals surface area contributed by atoms with Crippen molar-refractivity contribution in [3.8, 4) is 5.88 Å². The summed E-state index contributed by atoms with van der Waals surface area (Å²) in [4.78, 5) is 17.0. The minimum absolute atomic E-state index is 0.0223. The monoisotopic (exact) mass is 434 g/mol.